The van der Waals surface area contributed by atoms with Gasteiger partial charge in [-0.25, -0.2) is 9.59 Å². The molecule has 6 heteroatoms. The van der Waals surface area contributed by atoms with E-state index in [1.807, 2.05) is 37.3 Å². The van der Waals surface area contributed by atoms with E-state index in [0.29, 0.717) is 13.2 Å². The molecule has 2 amide bonds. The van der Waals surface area contributed by atoms with Crippen molar-refractivity contribution in [3.8, 4) is 0 Å². The van der Waals surface area contributed by atoms with Gasteiger partial charge in [0.25, 0.3) is 0 Å². The number of carbonyl (C=O) groups is 2. The molecular formula is C15H22N2O4. The topological polar surface area (TPSA) is 87.7 Å². The standard InChI is InChI=1S/C15H22N2O4/c1-11(10-21-2)9-16-15(20)17-13(14(18)19)8-12-6-4-3-5-7-12/h3-7,11,13H,8-10H2,1-2H3,(H,18,19)(H2,16,17,20)/t11?,13-/m1/s1. The zero-order chi connectivity index (χ0) is 15.7. The first-order chi connectivity index (χ1) is 10.0. The van der Waals surface area contributed by atoms with Gasteiger partial charge in [0.1, 0.15) is 6.04 Å². The van der Waals surface area contributed by atoms with Gasteiger partial charge in [-0.2, -0.15) is 0 Å². The second-order valence-electron chi connectivity index (χ2n) is 5.00. The summed E-state index contributed by atoms with van der Waals surface area (Å²) in [5, 5.41) is 14.3. The van der Waals surface area contributed by atoms with Gasteiger partial charge in [0, 0.05) is 20.1 Å². The smallest absolute Gasteiger partial charge is 0.326 e. The zero-order valence-electron chi connectivity index (χ0n) is 12.3. The van der Waals surface area contributed by atoms with Gasteiger partial charge in [0.2, 0.25) is 0 Å². The zero-order valence-corrected chi connectivity index (χ0v) is 12.3. The average molecular weight is 294 g/mol. The third-order valence-corrected chi connectivity index (χ3v) is 2.95. The maximum atomic E-state index is 11.7. The lowest BCUT2D eigenvalue weighted by atomic mass is 10.1. The van der Waals surface area contributed by atoms with Crippen LogP contribution in [0.4, 0.5) is 4.79 Å². The Balaban J connectivity index is 2.47. The van der Waals surface area contributed by atoms with Crippen molar-refractivity contribution in [2.24, 2.45) is 5.92 Å². The number of aliphatic carboxylic acids is 1. The van der Waals surface area contributed by atoms with Gasteiger partial charge in [-0.05, 0) is 11.5 Å². The van der Waals surface area contributed by atoms with Crippen LogP contribution in [-0.2, 0) is 16.0 Å². The van der Waals surface area contributed by atoms with Crippen molar-refractivity contribution in [3.05, 3.63) is 35.9 Å². The van der Waals surface area contributed by atoms with Crippen molar-refractivity contribution < 1.29 is 19.4 Å². The lowest BCUT2D eigenvalue weighted by molar-refractivity contribution is -0.139. The van der Waals surface area contributed by atoms with Gasteiger partial charge in [0.05, 0.1) is 6.61 Å². The summed E-state index contributed by atoms with van der Waals surface area (Å²) in [6.07, 6.45) is 0.247. The molecule has 2 atom stereocenters. The second kappa shape index (κ2) is 8.97. The van der Waals surface area contributed by atoms with Crippen molar-refractivity contribution >= 4 is 12.0 Å². The molecule has 0 aliphatic heterocycles. The molecule has 6 nitrogen and oxygen atoms in total. The van der Waals surface area contributed by atoms with Gasteiger partial charge in [-0.15, -0.1) is 0 Å². The maximum absolute atomic E-state index is 11.7. The Morgan fingerprint density at radius 1 is 1.29 bits per heavy atom. The molecule has 0 spiro atoms. The SMILES string of the molecule is COCC(C)CNC(=O)N[C@H](Cc1ccccc1)C(=O)O. The number of rotatable bonds is 8. The number of ether oxygens (including phenoxy) is 1. The van der Waals surface area contributed by atoms with Crippen molar-refractivity contribution in [1.29, 1.82) is 0 Å². The monoisotopic (exact) mass is 294 g/mol. The Labute approximate surface area is 124 Å². The number of urea groups is 1. The number of carbonyl (C=O) groups excluding carboxylic acids is 1. The predicted octanol–water partition coefficient (Wildman–Crippen LogP) is 1.26. The third-order valence-electron chi connectivity index (χ3n) is 2.95. The Hall–Kier alpha value is -2.08. The minimum atomic E-state index is -1.06. The van der Waals surface area contributed by atoms with Gasteiger partial charge in [0.15, 0.2) is 0 Å². The summed E-state index contributed by atoms with van der Waals surface area (Å²) in [5.41, 5.74) is 0.859. The van der Waals surface area contributed by atoms with E-state index < -0.39 is 18.0 Å². The molecule has 0 aromatic heterocycles. The summed E-state index contributed by atoms with van der Waals surface area (Å²) in [7, 11) is 1.59. The summed E-state index contributed by atoms with van der Waals surface area (Å²) in [4.78, 5) is 22.9. The lowest BCUT2D eigenvalue weighted by Gasteiger charge is -2.17. The molecule has 3 N–H and O–H groups in total. The van der Waals surface area contributed by atoms with Crippen molar-refractivity contribution in [2.45, 2.75) is 19.4 Å². The van der Waals surface area contributed by atoms with Crippen molar-refractivity contribution in [2.75, 3.05) is 20.3 Å². The van der Waals surface area contributed by atoms with Gasteiger partial charge in [-0.1, -0.05) is 37.3 Å². The summed E-state index contributed by atoms with van der Waals surface area (Å²) < 4.78 is 4.97. The Bertz CT molecular complexity index is 450. The summed E-state index contributed by atoms with van der Waals surface area (Å²) in [6, 6.07) is 7.75. The Morgan fingerprint density at radius 3 is 2.52 bits per heavy atom. The minimum Gasteiger partial charge on any atom is -0.480 e. The van der Waals surface area contributed by atoms with E-state index in [0.717, 1.165) is 5.56 Å². The molecule has 0 bridgehead atoms. The highest BCUT2D eigenvalue weighted by molar-refractivity contribution is 5.82. The first kappa shape index (κ1) is 17.0. The van der Waals surface area contributed by atoms with Crippen LogP contribution in [0.2, 0.25) is 0 Å². The molecule has 0 radical (unpaired) electrons. The summed E-state index contributed by atoms with van der Waals surface area (Å²) in [6.45, 7) is 2.90. The molecule has 0 fully saturated rings. The molecule has 0 heterocycles. The first-order valence-electron chi connectivity index (χ1n) is 6.83. The molecule has 0 saturated heterocycles. The van der Waals surface area contributed by atoms with E-state index in [9.17, 15) is 14.7 Å². The summed E-state index contributed by atoms with van der Waals surface area (Å²) >= 11 is 0. The van der Waals surface area contributed by atoms with Crippen LogP contribution in [0.3, 0.4) is 0 Å². The van der Waals surface area contributed by atoms with E-state index in [1.165, 1.54) is 0 Å². The first-order valence-corrected chi connectivity index (χ1v) is 6.83. The molecule has 0 saturated carbocycles. The van der Waals surface area contributed by atoms with Crippen LogP contribution < -0.4 is 10.6 Å². The van der Waals surface area contributed by atoms with E-state index >= 15 is 0 Å². The fourth-order valence-electron chi connectivity index (χ4n) is 1.87. The maximum Gasteiger partial charge on any atom is 0.326 e. The highest BCUT2D eigenvalue weighted by Crippen LogP contribution is 2.03. The quantitative estimate of drug-likeness (QED) is 0.673. The average Bonchev–Trinajstić information content (AvgIpc) is 2.46. The van der Waals surface area contributed by atoms with Gasteiger partial charge in [-0.3, -0.25) is 0 Å². The van der Waals surface area contributed by atoms with Crippen LogP contribution in [0.25, 0.3) is 0 Å². The van der Waals surface area contributed by atoms with Crippen LogP contribution in [-0.4, -0.2) is 43.4 Å². The highest BCUT2D eigenvalue weighted by Gasteiger charge is 2.20. The number of benzene rings is 1. The van der Waals surface area contributed by atoms with Crippen molar-refractivity contribution in [3.63, 3.8) is 0 Å². The number of carboxylic acids is 1. The third kappa shape index (κ3) is 6.76. The molecular weight excluding hydrogens is 272 g/mol. The molecule has 0 aliphatic rings. The largest absolute Gasteiger partial charge is 0.480 e. The second-order valence-corrected chi connectivity index (χ2v) is 5.00. The van der Waals surface area contributed by atoms with Crippen LogP contribution >= 0.6 is 0 Å². The normalized spacial score (nSPS) is 13.2. The van der Waals surface area contributed by atoms with Gasteiger partial charge >= 0.3 is 12.0 Å². The molecule has 1 unspecified atom stereocenters. The van der Waals surface area contributed by atoms with Crippen LogP contribution in [0.5, 0.6) is 0 Å². The Kier molecular flexibility index (Phi) is 7.25. The molecule has 1 rings (SSSR count). The number of hydrogen-bond acceptors (Lipinski definition) is 3. The highest BCUT2D eigenvalue weighted by atomic mass is 16.5. The van der Waals surface area contributed by atoms with Crippen LogP contribution in [0.1, 0.15) is 12.5 Å². The van der Waals surface area contributed by atoms with Gasteiger partial charge < -0.3 is 20.5 Å². The number of methoxy groups -OCH3 is 1. The predicted molar refractivity (Wildman–Crippen MR) is 79.1 cm³/mol. The molecule has 21 heavy (non-hydrogen) atoms. The summed E-state index contributed by atoms with van der Waals surface area (Å²) in [5.74, 6) is -0.892. The molecule has 116 valence electrons. The van der Waals surface area contributed by atoms with Crippen LogP contribution in [0, 0.1) is 5.92 Å². The lowest BCUT2D eigenvalue weighted by Crippen LogP contribution is -2.48. The number of hydrogen-bond donors (Lipinski definition) is 3. The number of carboxylic acid groups (broad SMARTS) is 1. The molecule has 0 aliphatic carbocycles. The van der Waals surface area contributed by atoms with Crippen LogP contribution in [0.15, 0.2) is 30.3 Å². The fraction of sp³-hybridized carbons (Fsp3) is 0.467. The number of amides is 2. The number of nitrogens with one attached hydrogen (secondary N) is 2. The Morgan fingerprint density at radius 2 is 1.95 bits per heavy atom. The van der Waals surface area contributed by atoms with E-state index in [1.54, 1.807) is 7.11 Å². The van der Waals surface area contributed by atoms with E-state index in [-0.39, 0.29) is 12.3 Å². The molecule has 1 aromatic carbocycles. The minimum absolute atomic E-state index is 0.165. The van der Waals surface area contributed by atoms with E-state index in [2.05, 4.69) is 10.6 Å². The van der Waals surface area contributed by atoms with Crippen molar-refractivity contribution in [1.82, 2.24) is 10.6 Å². The van der Waals surface area contributed by atoms with E-state index in [4.69, 9.17) is 4.74 Å². The fourth-order valence-corrected chi connectivity index (χ4v) is 1.87. The molecule has 1 aromatic rings.